The maximum absolute atomic E-state index is 14.6. The summed E-state index contributed by atoms with van der Waals surface area (Å²) >= 11 is 0. The molecule has 0 radical (unpaired) electrons. The summed E-state index contributed by atoms with van der Waals surface area (Å²) in [5.74, 6) is 0.0267. The molecule has 0 unspecified atom stereocenters. The zero-order valence-corrected chi connectivity index (χ0v) is 19.3. The first-order valence-electron chi connectivity index (χ1n) is 10.7. The van der Waals surface area contributed by atoms with Crippen LogP contribution in [-0.2, 0) is 19.2 Å². The second kappa shape index (κ2) is 8.09. The second-order valence-electron chi connectivity index (χ2n) is 8.52. The van der Waals surface area contributed by atoms with Crippen LogP contribution in [0.5, 0.6) is 0 Å². The van der Waals surface area contributed by atoms with E-state index >= 15 is 0 Å². The number of nitrogens with one attached hydrogen (secondary N) is 1. The third kappa shape index (κ3) is 3.83. The average molecular weight is 475 g/mol. The van der Waals surface area contributed by atoms with Crippen LogP contribution in [0.1, 0.15) is 19.5 Å². The van der Waals surface area contributed by atoms with Crippen molar-refractivity contribution in [3.8, 4) is 5.82 Å². The Morgan fingerprint density at radius 2 is 2.06 bits per heavy atom. The Kier molecular flexibility index (Phi) is 5.17. The monoisotopic (exact) mass is 475 g/mol. The number of aromatic nitrogens is 8. The molecular formula is C23H22FN9O2. The van der Waals surface area contributed by atoms with E-state index in [-0.39, 0.29) is 34.6 Å². The van der Waals surface area contributed by atoms with E-state index in [4.69, 9.17) is 0 Å². The molecule has 0 fully saturated rings. The molecule has 0 amide bonds. The molecule has 1 aromatic carbocycles. The predicted molar refractivity (Wildman–Crippen MR) is 128 cm³/mol. The Morgan fingerprint density at radius 3 is 2.80 bits per heavy atom. The maximum atomic E-state index is 14.6. The summed E-state index contributed by atoms with van der Waals surface area (Å²) < 4.78 is 18.9. The van der Waals surface area contributed by atoms with E-state index in [0.717, 1.165) is 0 Å². The van der Waals surface area contributed by atoms with Gasteiger partial charge in [-0.2, -0.15) is 4.98 Å². The standard InChI is InChI=1S/C23H22FN9O2/c1-5-9-32-21(34)14-12-25-22(26-13-10-15(24)19-16(11-13)29-30-31(19)4)28-20(14)33(32)18-8-6-7-17(27-18)23(2,3)35/h5-8,10-12,35H,1,9H2,2-4H3,(H,25,26,28). The second-order valence-corrected chi connectivity index (χ2v) is 8.52. The molecule has 5 aromatic rings. The molecule has 4 heterocycles. The zero-order valence-electron chi connectivity index (χ0n) is 19.3. The minimum atomic E-state index is -1.19. The molecule has 35 heavy (non-hydrogen) atoms. The van der Waals surface area contributed by atoms with Crippen LogP contribution in [0.3, 0.4) is 0 Å². The van der Waals surface area contributed by atoms with Gasteiger partial charge in [0.25, 0.3) is 5.56 Å². The largest absolute Gasteiger partial charge is 0.384 e. The van der Waals surface area contributed by atoms with Gasteiger partial charge in [-0.25, -0.2) is 28.4 Å². The van der Waals surface area contributed by atoms with Crippen LogP contribution in [0.25, 0.3) is 27.9 Å². The number of anilines is 2. The first-order chi connectivity index (χ1) is 16.7. The van der Waals surface area contributed by atoms with Crippen molar-refractivity contribution in [3.63, 3.8) is 0 Å². The van der Waals surface area contributed by atoms with Gasteiger partial charge in [-0.1, -0.05) is 17.4 Å². The van der Waals surface area contributed by atoms with Crippen molar-refractivity contribution in [2.75, 3.05) is 5.32 Å². The number of aliphatic hydroxyl groups is 1. The van der Waals surface area contributed by atoms with Gasteiger partial charge in [0.1, 0.15) is 22.0 Å². The van der Waals surface area contributed by atoms with E-state index in [1.54, 1.807) is 55.9 Å². The van der Waals surface area contributed by atoms with E-state index < -0.39 is 11.4 Å². The zero-order chi connectivity index (χ0) is 24.9. The predicted octanol–water partition coefficient (Wildman–Crippen LogP) is 2.56. The van der Waals surface area contributed by atoms with Crippen LogP contribution in [0.2, 0.25) is 0 Å². The van der Waals surface area contributed by atoms with Gasteiger partial charge in [0, 0.05) is 18.9 Å². The lowest BCUT2D eigenvalue weighted by Crippen LogP contribution is -2.23. The fourth-order valence-electron chi connectivity index (χ4n) is 3.83. The highest BCUT2D eigenvalue weighted by Crippen LogP contribution is 2.24. The van der Waals surface area contributed by atoms with Crippen LogP contribution < -0.4 is 10.9 Å². The Morgan fingerprint density at radius 1 is 1.26 bits per heavy atom. The highest BCUT2D eigenvalue weighted by atomic mass is 19.1. The van der Waals surface area contributed by atoms with Crippen LogP contribution in [0.15, 0.2) is 54.0 Å². The van der Waals surface area contributed by atoms with E-state index in [1.807, 2.05) is 0 Å². The van der Waals surface area contributed by atoms with E-state index in [9.17, 15) is 14.3 Å². The smallest absolute Gasteiger partial charge is 0.278 e. The number of benzene rings is 1. The van der Waals surface area contributed by atoms with E-state index in [1.165, 1.54) is 21.6 Å². The molecular weight excluding hydrogens is 453 g/mol. The van der Waals surface area contributed by atoms with Crippen molar-refractivity contribution in [2.24, 2.45) is 7.05 Å². The molecule has 0 saturated heterocycles. The molecule has 0 spiro atoms. The lowest BCUT2D eigenvalue weighted by Gasteiger charge is -2.18. The Labute approximate surface area is 198 Å². The quantitative estimate of drug-likeness (QED) is 0.359. The van der Waals surface area contributed by atoms with Crippen LogP contribution >= 0.6 is 0 Å². The first kappa shape index (κ1) is 22.3. The number of nitrogens with zero attached hydrogens (tertiary/aromatic N) is 8. The van der Waals surface area contributed by atoms with Crippen LogP contribution in [0.4, 0.5) is 16.0 Å². The molecule has 0 saturated carbocycles. The van der Waals surface area contributed by atoms with Gasteiger partial charge in [-0.05, 0) is 38.1 Å². The van der Waals surface area contributed by atoms with Gasteiger partial charge in [0.05, 0.1) is 12.2 Å². The first-order valence-corrected chi connectivity index (χ1v) is 10.7. The van der Waals surface area contributed by atoms with Crippen molar-refractivity contribution in [1.82, 2.24) is 39.3 Å². The molecule has 0 aliphatic carbocycles. The fraction of sp³-hybridized carbons (Fsp3) is 0.217. The van der Waals surface area contributed by atoms with Crippen molar-refractivity contribution in [1.29, 1.82) is 0 Å². The minimum Gasteiger partial charge on any atom is -0.384 e. The van der Waals surface area contributed by atoms with Crippen molar-refractivity contribution < 1.29 is 9.50 Å². The molecule has 0 bridgehead atoms. The highest BCUT2D eigenvalue weighted by Gasteiger charge is 2.22. The van der Waals surface area contributed by atoms with Crippen LogP contribution in [0, 0.1) is 5.82 Å². The highest BCUT2D eigenvalue weighted by molar-refractivity contribution is 5.81. The Bertz CT molecular complexity index is 1660. The minimum absolute atomic E-state index is 0.142. The summed E-state index contributed by atoms with van der Waals surface area (Å²) in [5, 5.41) is 21.5. The van der Waals surface area contributed by atoms with Gasteiger partial charge < -0.3 is 10.4 Å². The maximum Gasteiger partial charge on any atom is 0.278 e. The third-order valence-corrected chi connectivity index (χ3v) is 5.47. The van der Waals surface area contributed by atoms with Gasteiger partial charge >= 0.3 is 0 Å². The number of hydrogen-bond acceptors (Lipinski definition) is 8. The van der Waals surface area contributed by atoms with E-state index in [2.05, 4.69) is 37.2 Å². The molecule has 0 aliphatic rings. The summed E-state index contributed by atoms with van der Waals surface area (Å²) in [7, 11) is 1.61. The van der Waals surface area contributed by atoms with Gasteiger partial charge in [-0.15, -0.1) is 11.7 Å². The van der Waals surface area contributed by atoms with Crippen molar-refractivity contribution in [3.05, 3.63) is 71.0 Å². The summed E-state index contributed by atoms with van der Waals surface area (Å²) in [6, 6.07) is 8.07. The number of hydrogen-bond donors (Lipinski definition) is 2. The van der Waals surface area contributed by atoms with Crippen LogP contribution in [-0.4, -0.2) is 44.4 Å². The molecule has 2 N–H and O–H groups in total. The Hall–Kier alpha value is -4.45. The van der Waals surface area contributed by atoms with E-state index in [0.29, 0.717) is 22.7 Å². The van der Waals surface area contributed by atoms with Crippen molar-refractivity contribution in [2.45, 2.75) is 26.0 Å². The normalized spacial score (nSPS) is 11.9. The van der Waals surface area contributed by atoms with Crippen molar-refractivity contribution >= 4 is 33.7 Å². The molecule has 178 valence electrons. The number of aryl methyl sites for hydroxylation is 1. The molecule has 12 heteroatoms. The molecule has 5 rings (SSSR count). The number of pyridine rings is 1. The number of rotatable bonds is 6. The van der Waals surface area contributed by atoms with Gasteiger partial charge in [0.2, 0.25) is 5.95 Å². The SMILES string of the molecule is C=CCn1c(=O)c2cnc(Nc3cc(F)c4c(c3)nnn4C)nc2n1-c1cccc(C(C)(C)O)n1. The average Bonchev–Trinajstić information content (AvgIpc) is 3.31. The summed E-state index contributed by atoms with van der Waals surface area (Å²) in [4.78, 5) is 26.4. The summed E-state index contributed by atoms with van der Waals surface area (Å²) in [6.07, 6.45) is 2.99. The van der Waals surface area contributed by atoms with Gasteiger partial charge in [-0.3, -0.25) is 4.79 Å². The third-order valence-electron chi connectivity index (χ3n) is 5.47. The molecule has 11 nitrogen and oxygen atoms in total. The topological polar surface area (TPSA) is 129 Å². The lowest BCUT2D eigenvalue weighted by molar-refractivity contribution is 0.0738. The summed E-state index contributed by atoms with van der Waals surface area (Å²) in [6.45, 7) is 7.18. The number of allylic oxidation sites excluding steroid dienone is 1. The molecule has 0 aliphatic heterocycles. The number of fused-ring (bicyclic) bond motifs is 2. The number of halogens is 1. The molecule has 0 atom stereocenters. The lowest BCUT2D eigenvalue weighted by atomic mass is 10.1. The molecule has 4 aromatic heterocycles. The Balaban J connectivity index is 1.66. The summed E-state index contributed by atoms with van der Waals surface area (Å²) in [5.41, 5.74) is 0.223. The van der Waals surface area contributed by atoms with Gasteiger partial charge in [0.15, 0.2) is 17.3 Å². The fourth-order valence-corrected chi connectivity index (χ4v) is 3.83.